The molecule has 0 radical (unpaired) electrons. The SMILES string of the molecule is CCCCC(CC)C(=O)O.[Cr]. The molecule has 1 unspecified atom stereocenters. The molecule has 66 valence electrons. The Balaban J connectivity index is 0. The van der Waals surface area contributed by atoms with E-state index < -0.39 is 5.97 Å². The number of unbranched alkanes of at least 4 members (excludes halogenated alkanes) is 1. The molecule has 0 rings (SSSR count). The number of hydrogen-bond donors (Lipinski definition) is 1. The Morgan fingerprint density at radius 1 is 1.45 bits per heavy atom. The first-order valence-corrected chi connectivity index (χ1v) is 3.95. The smallest absolute Gasteiger partial charge is 0.306 e. The third kappa shape index (κ3) is 6.40. The first-order chi connectivity index (χ1) is 4.72. The molecule has 0 spiro atoms. The monoisotopic (exact) mass is 196 g/mol. The van der Waals surface area contributed by atoms with Crippen LogP contribution < -0.4 is 0 Å². The van der Waals surface area contributed by atoms with Gasteiger partial charge in [-0.15, -0.1) is 0 Å². The molecule has 0 bridgehead atoms. The van der Waals surface area contributed by atoms with Crippen LogP contribution in [0.4, 0.5) is 0 Å². The molecule has 0 aromatic carbocycles. The van der Waals surface area contributed by atoms with Gasteiger partial charge in [-0.05, 0) is 12.8 Å². The van der Waals surface area contributed by atoms with Crippen LogP contribution in [0.5, 0.6) is 0 Å². The second kappa shape index (κ2) is 8.10. The van der Waals surface area contributed by atoms with Gasteiger partial charge in [-0.2, -0.15) is 0 Å². The van der Waals surface area contributed by atoms with E-state index >= 15 is 0 Å². The summed E-state index contributed by atoms with van der Waals surface area (Å²) < 4.78 is 0. The van der Waals surface area contributed by atoms with E-state index in [2.05, 4.69) is 6.92 Å². The van der Waals surface area contributed by atoms with E-state index in [-0.39, 0.29) is 23.3 Å². The largest absolute Gasteiger partial charge is 0.481 e. The Labute approximate surface area is 79.1 Å². The maximum Gasteiger partial charge on any atom is 0.306 e. The zero-order valence-corrected chi connectivity index (χ0v) is 8.44. The van der Waals surface area contributed by atoms with Gasteiger partial charge in [0.15, 0.2) is 0 Å². The molecule has 11 heavy (non-hydrogen) atoms. The number of carbonyl (C=O) groups is 1. The van der Waals surface area contributed by atoms with Gasteiger partial charge in [0.2, 0.25) is 0 Å². The Morgan fingerprint density at radius 3 is 2.27 bits per heavy atom. The number of aliphatic carboxylic acids is 1. The van der Waals surface area contributed by atoms with Gasteiger partial charge < -0.3 is 5.11 Å². The number of carboxylic acid groups (broad SMARTS) is 1. The van der Waals surface area contributed by atoms with Gasteiger partial charge in [-0.1, -0.05) is 26.7 Å². The van der Waals surface area contributed by atoms with Crippen molar-refractivity contribution in [3.63, 3.8) is 0 Å². The van der Waals surface area contributed by atoms with Crippen molar-refractivity contribution in [3.8, 4) is 0 Å². The average molecular weight is 196 g/mol. The van der Waals surface area contributed by atoms with Gasteiger partial charge in [0.1, 0.15) is 0 Å². The molecule has 0 saturated carbocycles. The number of carboxylic acids is 1. The topological polar surface area (TPSA) is 37.3 Å². The summed E-state index contributed by atoms with van der Waals surface area (Å²) in [6.07, 6.45) is 3.71. The third-order valence-corrected chi connectivity index (χ3v) is 1.75. The molecule has 1 atom stereocenters. The molecule has 0 aliphatic carbocycles. The summed E-state index contributed by atoms with van der Waals surface area (Å²) in [5.41, 5.74) is 0. The van der Waals surface area contributed by atoms with Gasteiger partial charge >= 0.3 is 5.97 Å². The van der Waals surface area contributed by atoms with Crippen LogP contribution in [0.1, 0.15) is 39.5 Å². The van der Waals surface area contributed by atoms with Crippen LogP contribution in [-0.4, -0.2) is 11.1 Å². The summed E-state index contributed by atoms with van der Waals surface area (Å²) in [6.45, 7) is 4.00. The molecule has 0 aliphatic heterocycles. The molecule has 0 aliphatic rings. The molecule has 0 amide bonds. The van der Waals surface area contributed by atoms with Crippen LogP contribution in [0, 0.1) is 5.92 Å². The van der Waals surface area contributed by atoms with Crippen LogP contribution in [0.25, 0.3) is 0 Å². The maximum atomic E-state index is 10.4. The fourth-order valence-electron chi connectivity index (χ4n) is 0.953. The first kappa shape index (κ1) is 13.6. The molecule has 1 N–H and O–H groups in total. The second-order valence-electron chi connectivity index (χ2n) is 2.59. The molecular weight excluding hydrogens is 180 g/mol. The van der Waals surface area contributed by atoms with Crippen LogP contribution in [0.2, 0.25) is 0 Å². The molecule has 0 aromatic heterocycles. The molecule has 3 heteroatoms. The predicted molar refractivity (Wildman–Crippen MR) is 40.9 cm³/mol. The first-order valence-electron chi connectivity index (χ1n) is 3.95. The van der Waals surface area contributed by atoms with Crippen molar-refractivity contribution in [2.45, 2.75) is 39.5 Å². The van der Waals surface area contributed by atoms with Crippen LogP contribution >= 0.6 is 0 Å². The minimum Gasteiger partial charge on any atom is -0.481 e. The average Bonchev–Trinajstić information content (AvgIpc) is 1.89. The van der Waals surface area contributed by atoms with Gasteiger partial charge in [0, 0.05) is 17.4 Å². The zero-order chi connectivity index (χ0) is 7.98. The zero-order valence-electron chi connectivity index (χ0n) is 7.17. The molecule has 0 heterocycles. The molecule has 0 aromatic rings. The normalized spacial score (nSPS) is 11.8. The minimum atomic E-state index is -0.643. The van der Waals surface area contributed by atoms with Crippen LogP contribution in [-0.2, 0) is 22.2 Å². The van der Waals surface area contributed by atoms with Crippen molar-refractivity contribution in [2.24, 2.45) is 5.92 Å². The van der Waals surface area contributed by atoms with Crippen molar-refractivity contribution in [1.29, 1.82) is 0 Å². The number of hydrogen-bond acceptors (Lipinski definition) is 1. The van der Waals surface area contributed by atoms with Crippen molar-refractivity contribution >= 4 is 5.97 Å². The second-order valence-corrected chi connectivity index (χ2v) is 2.59. The van der Waals surface area contributed by atoms with E-state index in [1.807, 2.05) is 6.92 Å². The molecule has 0 fully saturated rings. The third-order valence-electron chi connectivity index (χ3n) is 1.75. The van der Waals surface area contributed by atoms with Crippen molar-refractivity contribution in [2.75, 3.05) is 0 Å². The fourth-order valence-corrected chi connectivity index (χ4v) is 0.953. The summed E-state index contributed by atoms with van der Waals surface area (Å²) in [6, 6.07) is 0. The molecular formula is C8H16CrO2. The van der Waals surface area contributed by atoms with Crippen LogP contribution in [0.3, 0.4) is 0 Å². The summed E-state index contributed by atoms with van der Waals surface area (Å²) in [7, 11) is 0. The Bertz CT molecular complexity index is 104. The van der Waals surface area contributed by atoms with E-state index in [1.165, 1.54) is 0 Å². The summed E-state index contributed by atoms with van der Waals surface area (Å²) in [4.78, 5) is 10.4. The summed E-state index contributed by atoms with van der Waals surface area (Å²) in [5.74, 6) is -0.754. The maximum absolute atomic E-state index is 10.4. The van der Waals surface area contributed by atoms with Crippen LogP contribution in [0.15, 0.2) is 0 Å². The van der Waals surface area contributed by atoms with E-state index in [4.69, 9.17) is 5.11 Å². The molecule has 0 saturated heterocycles. The van der Waals surface area contributed by atoms with E-state index in [0.717, 1.165) is 25.7 Å². The minimum absolute atomic E-state index is 0. The van der Waals surface area contributed by atoms with E-state index in [9.17, 15) is 4.79 Å². The number of rotatable bonds is 5. The van der Waals surface area contributed by atoms with Gasteiger partial charge in [0.25, 0.3) is 0 Å². The van der Waals surface area contributed by atoms with Gasteiger partial charge in [-0.3, -0.25) is 4.79 Å². The Morgan fingerprint density at radius 2 is 2.00 bits per heavy atom. The van der Waals surface area contributed by atoms with Gasteiger partial charge in [0.05, 0.1) is 5.92 Å². The standard InChI is InChI=1S/C8H16O2.Cr/c1-3-5-6-7(4-2)8(9)10;/h7H,3-6H2,1-2H3,(H,9,10);. The predicted octanol–water partition coefficient (Wildman–Crippen LogP) is 2.28. The molecule has 2 nitrogen and oxygen atoms in total. The summed E-state index contributed by atoms with van der Waals surface area (Å²) >= 11 is 0. The Hall–Kier alpha value is 0.00247. The summed E-state index contributed by atoms with van der Waals surface area (Å²) in [5, 5.41) is 8.60. The van der Waals surface area contributed by atoms with Gasteiger partial charge in [-0.25, -0.2) is 0 Å². The van der Waals surface area contributed by atoms with E-state index in [0.29, 0.717) is 0 Å². The van der Waals surface area contributed by atoms with E-state index in [1.54, 1.807) is 0 Å². The van der Waals surface area contributed by atoms with Crippen molar-refractivity contribution in [3.05, 3.63) is 0 Å². The van der Waals surface area contributed by atoms with Crippen molar-refractivity contribution in [1.82, 2.24) is 0 Å². The Kier molecular flexibility index (Phi) is 10.0. The fraction of sp³-hybridized carbons (Fsp3) is 0.875. The quantitative estimate of drug-likeness (QED) is 0.732. The van der Waals surface area contributed by atoms with Crippen molar-refractivity contribution < 1.29 is 27.3 Å².